The number of carbonyl (C=O) groups excluding carboxylic acids is 1. The van der Waals surface area contributed by atoms with Crippen molar-refractivity contribution in [2.24, 2.45) is 0 Å². The topological polar surface area (TPSA) is 36.0 Å². The van der Waals surface area contributed by atoms with Gasteiger partial charge in [-0.2, -0.15) is 0 Å². The van der Waals surface area contributed by atoms with E-state index in [2.05, 4.69) is 22.9 Å². The maximum Gasteiger partial charge on any atom is 0.260 e. The molecule has 184 valence electrons. The van der Waals surface area contributed by atoms with Crippen LogP contribution in [0.5, 0.6) is 5.75 Å². The van der Waals surface area contributed by atoms with Crippen LogP contribution in [0.15, 0.2) is 72.8 Å². The Hall–Kier alpha value is -3.22. The Morgan fingerprint density at radius 3 is 2.31 bits per heavy atom. The van der Waals surface area contributed by atoms with Crippen LogP contribution in [0.25, 0.3) is 11.1 Å². The fourth-order valence-corrected chi connectivity index (χ4v) is 4.32. The molecule has 0 spiro atoms. The van der Waals surface area contributed by atoms with Crippen LogP contribution >= 0.6 is 0 Å². The van der Waals surface area contributed by atoms with Crippen LogP contribution in [0.3, 0.4) is 0 Å². The van der Waals surface area contributed by atoms with Gasteiger partial charge in [0.15, 0.2) is 6.61 Å². The average Bonchev–Trinajstić information content (AvgIpc) is 2.88. The first-order chi connectivity index (χ1) is 17.0. The molecular weight excluding hydrogens is 441 g/mol. The van der Waals surface area contributed by atoms with Crippen LogP contribution in [0.2, 0.25) is 0 Å². The van der Waals surface area contributed by atoms with Gasteiger partial charge in [0, 0.05) is 51.4 Å². The van der Waals surface area contributed by atoms with Crippen molar-refractivity contribution < 1.29 is 13.9 Å². The Morgan fingerprint density at radius 1 is 0.943 bits per heavy atom. The monoisotopic (exact) mass is 475 g/mol. The second kappa shape index (κ2) is 12.0. The Kier molecular flexibility index (Phi) is 8.50. The lowest BCUT2D eigenvalue weighted by Gasteiger charge is -2.32. The maximum absolute atomic E-state index is 13.4. The lowest BCUT2D eigenvalue weighted by molar-refractivity contribution is -0.133. The maximum atomic E-state index is 13.4. The predicted molar refractivity (Wildman–Crippen MR) is 138 cm³/mol. The van der Waals surface area contributed by atoms with Crippen molar-refractivity contribution in [3.8, 4) is 16.9 Å². The first kappa shape index (κ1) is 24.9. The van der Waals surface area contributed by atoms with E-state index in [0.717, 1.165) is 60.7 Å². The van der Waals surface area contributed by atoms with Gasteiger partial charge >= 0.3 is 0 Å². The van der Waals surface area contributed by atoms with Crippen molar-refractivity contribution >= 4 is 5.91 Å². The fraction of sp³-hybridized carbons (Fsp3) is 0.345. The van der Waals surface area contributed by atoms with E-state index in [0.29, 0.717) is 13.1 Å². The molecule has 0 saturated carbocycles. The molecule has 0 radical (unpaired) electrons. The predicted octanol–water partition coefficient (Wildman–Crippen LogP) is 4.67. The molecule has 1 saturated heterocycles. The summed E-state index contributed by atoms with van der Waals surface area (Å²) >= 11 is 0. The highest BCUT2D eigenvalue weighted by Crippen LogP contribution is 2.28. The smallest absolute Gasteiger partial charge is 0.260 e. The Balaban J connectivity index is 1.49. The molecule has 1 heterocycles. The quantitative estimate of drug-likeness (QED) is 0.451. The number of likely N-dealkylation sites (N-methyl/N-ethyl adjacent to an activating group) is 2. The summed E-state index contributed by atoms with van der Waals surface area (Å²) in [5.74, 6) is 0.435. The first-order valence-corrected chi connectivity index (χ1v) is 12.3. The molecule has 4 rings (SSSR count). The van der Waals surface area contributed by atoms with Gasteiger partial charge in [0.1, 0.15) is 11.6 Å². The summed E-state index contributed by atoms with van der Waals surface area (Å²) in [7, 11) is 2.14. The SMILES string of the molecule is CCN(Cc1ccccc1)C(=O)COc1ccc(-c2ccc(F)cc2)cc1CN1CCN(C)CC1. The van der Waals surface area contributed by atoms with Gasteiger partial charge in [-0.25, -0.2) is 4.39 Å². The number of carbonyl (C=O) groups is 1. The molecule has 0 aromatic heterocycles. The zero-order valence-corrected chi connectivity index (χ0v) is 20.6. The molecule has 0 aliphatic carbocycles. The molecule has 0 bridgehead atoms. The van der Waals surface area contributed by atoms with Gasteiger partial charge < -0.3 is 14.5 Å². The molecule has 1 aliphatic rings. The second-order valence-electron chi connectivity index (χ2n) is 9.09. The summed E-state index contributed by atoms with van der Waals surface area (Å²) in [6, 6.07) is 22.5. The summed E-state index contributed by atoms with van der Waals surface area (Å²) in [5, 5.41) is 0. The van der Waals surface area contributed by atoms with Crippen molar-refractivity contribution in [2.45, 2.75) is 20.0 Å². The lowest BCUT2D eigenvalue weighted by Crippen LogP contribution is -2.43. The van der Waals surface area contributed by atoms with Crippen molar-refractivity contribution in [3.05, 3.63) is 89.7 Å². The zero-order valence-electron chi connectivity index (χ0n) is 20.6. The molecule has 1 aliphatic heterocycles. The molecule has 35 heavy (non-hydrogen) atoms. The molecule has 3 aromatic carbocycles. The number of amides is 1. The Bertz CT molecular complexity index is 1100. The number of hydrogen-bond donors (Lipinski definition) is 0. The Labute approximate surface area is 207 Å². The van der Waals surface area contributed by atoms with Crippen molar-refractivity contribution in [2.75, 3.05) is 46.4 Å². The van der Waals surface area contributed by atoms with Crippen LogP contribution in [-0.2, 0) is 17.9 Å². The van der Waals surface area contributed by atoms with E-state index in [4.69, 9.17) is 4.74 Å². The minimum atomic E-state index is -0.249. The Morgan fingerprint density at radius 2 is 1.63 bits per heavy atom. The summed E-state index contributed by atoms with van der Waals surface area (Å²) < 4.78 is 19.5. The highest BCUT2D eigenvalue weighted by Gasteiger charge is 2.18. The van der Waals surface area contributed by atoms with Crippen LogP contribution < -0.4 is 4.74 Å². The minimum Gasteiger partial charge on any atom is -0.483 e. The van der Waals surface area contributed by atoms with Crippen LogP contribution in [0.4, 0.5) is 4.39 Å². The first-order valence-electron chi connectivity index (χ1n) is 12.3. The number of halogens is 1. The summed E-state index contributed by atoms with van der Waals surface area (Å²) in [6.07, 6.45) is 0. The van der Waals surface area contributed by atoms with E-state index in [1.54, 1.807) is 12.1 Å². The van der Waals surface area contributed by atoms with E-state index in [9.17, 15) is 9.18 Å². The molecular formula is C29H34FN3O2. The average molecular weight is 476 g/mol. The largest absolute Gasteiger partial charge is 0.483 e. The third-order valence-electron chi connectivity index (χ3n) is 6.53. The van der Waals surface area contributed by atoms with Gasteiger partial charge in [-0.1, -0.05) is 48.5 Å². The number of ether oxygens (including phenoxy) is 1. The standard InChI is InChI=1S/C29H34FN3O2/c1-3-33(20-23-7-5-4-6-8-23)29(34)22-35-28-14-11-25(24-9-12-27(30)13-10-24)19-26(28)21-32-17-15-31(2)16-18-32/h4-14,19H,3,15-18,20-22H2,1-2H3. The summed E-state index contributed by atoms with van der Waals surface area (Å²) in [5.41, 5.74) is 4.10. The van der Waals surface area contributed by atoms with Gasteiger partial charge in [-0.15, -0.1) is 0 Å². The van der Waals surface area contributed by atoms with Crippen LogP contribution in [0.1, 0.15) is 18.1 Å². The van der Waals surface area contributed by atoms with Gasteiger partial charge in [-0.3, -0.25) is 9.69 Å². The third-order valence-corrected chi connectivity index (χ3v) is 6.53. The minimum absolute atomic E-state index is 0.00763. The molecule has 1 amide bonds. The molecule has 6 heteroatoms. The van der Waals surface area contributed by atoms with E-state index in [1.807, 2.05) is 54.3 Å². The number of hydrogen-bond acceptors (Lipinski definition) is 4. The lowest BCUT2D eigenvalue weighted by atomic mass is 10.0. The van der Waals surface area contributed by atoms with Crippen molar-refractivity contribution in [1.29, 1.82) is 0 Å². The number of rotatable bonds is 9. The van der Waals surface area contributed by atoms with E-state index >= 15 is 0 Å². The van der Waals surface area contributed by atoms with E-state index in [-0.39, 0.29) is 18.3 Å². The molecule has 0 atom stereocenters. The fourth-order valence-electron chi connectivity index (χ4n) is 4.32. The molecule has 0 unspecified atom stereocenters. The van der Waals surface area contributed by atoms with Gasteiger partial charge in [0.05, 0.1) is 0 Å². The molecule has 0 N–H and O–H groups in total. The normalized spacial score (nSPS) is 14.6. The number of nitrogens with zero attached hydrogens (tertiary/aromatic N) is 3. The third kappa shape index (κ3) is 6.90. The summed E-state index contributed by atoms with van der Waals surface area (Å²) in [6.45, 7) is 7.92. The van der Waals surface area contributed by atoms with Crippen molar-refractivity contribution in [3.63, 3.8) is 0 Å². The molecule has 5 nitrogen and oxygen atoms in total. The van der Waals surface area contributed by atoms with Gasteiger partial charge in [0.2, 0.25) is 0 Å². The van der Waals surface area contributed by atoms with E-state index < -0.39 is 0 Å². The van der Waals surface area contributed by atoms with Gasteiger partial charge in [0.25, 0.3) is 5.91 Å². The van der Waals surface area contributed by atoms with Crippen LogP contribution in [-0.4, -0.2) is 67.0 Å². The number of piperazine rings is 1. The molecule has 3 aromatic rings. The highest BCUT2D eigenvalue weighted by atomic mass is 19.1. The van der Waals surface area contributed by atoms with Crippen molar-refractivity contribution in [1.82, 2.24) is 14.7 Å². The zero-order chi connectivity index (χ0) is 24.6. The van der Waals surface area contributed by atoms with Gasteiger partial charge in [-0.05, 0) is 54.9 Å². The number of benzene rings is 3. The van der Waals surface area contributed by atoms with Crippen LogP contribution in [0, 0.1) is 5.82 Å². The highest BCUT2D eigenvalue weighted by molar-refractivity contribution is 5.78. The second-order valence-corrected chi connectivity index (χ2v) is 9.09. The molecule has 1 fully saturated rings. The summed E-state index contributed by atoms with van der Waals surface area (Å²) in [4.78, 5) is 19.5. The van der Waals surface area contributed by atoms with E-state index in [1.165, 1.54) is 12.1 Å².